The van der Waals surface area contributed by atoms with E-state index in [0.29, 0.717) is 0 Å². The van der Waals surface area contributed by atoms with E-state index in [9.17, 15) is 0 Å². The molecule has 0 unspecified atom stereocenters. The molecule has 0 heterocycles. The molecule has 2 nitrogen and oxygen atoms in total. The number of benzene rings is 1. The van der Waals surface area contributed by atoms with Crippen molar-refractivity contribution < 1.29 is 0 Å². The Balaban J connectivity index is 3.09. The topological polar surface area (TPSA) is 38.4 Å². The zero-order valence-corrected chi connectivity index (χ0v) is 8.37. The van der Waals surface area contributed by atoms with Crippen LogP contribution in [0.4, 0.5) is 5.69 Å². The number of halogens is 1. The minimum absolute atomic E-state index is 0.783. The highest BCUT2D eigenvalue weighted by atomic mass is 127. The second-order valence-corrected chi connectivity index (χ2v) is 2.92. The molecule has 0 atom stereocenters. The van der Waals surface area contributed by atoms with Crippen molar-refractivity contribution in [1.29, 1.82) is 0 Å². The Hall–Kier alpha value is -0.580. The summed E-state index contributed by atoms with van der Waals surface area (Å²) in [6, 6.07) is 5.92. The Labute approximate surface area is 80.0 Å². The highest BCUT2D eigenvalue weighted by Crippen LogP contribution is 2.11. The number of anilines is 1. The summed E-state index contributed by atoms with van der Waals surface area (Å²) in [7, 11) is 0. The van der Waals surface area contributed by atoms with Crippen LogP contribution in [0.5, 0.6) is 0 Å². The molecular formula is C8H9IN2. The highest BCUT2D eigenvalue weighted by molar-refractivity contribution is 14.1. The molecule has 1 aromatic carbocycles. The van der Waals surface area contributed by atoms with Crippen LogP contribution in [0, 0.1) is 6.92 Å². The molecule has 0 radical (unpaired) electrons. The lowest BCUT2D eigenvalue weighted by atomic mass is 10.1. The predicted octanol–water partition coefficient (Wildman–Crippen LogP) is 2.35. The maximum Gasteiger partial charge on any atom is 0.0831 e. The van der Waals surface area contributed by atoms with Crippen molar-refractivity contribution in [2.75, 3.05) is 5.73 Å². The Morgan fingerprint density at radius 3 is 2.82 bits per heavy atom. The fourth-order valence-electron chi connectivity index (χ4n) is 0.864. The summed E-state index contributed by atoms with van der Waals surface area (Å²) in [5.74, 6) is 0. The van der Waals surface area contributed by atoms with Crippen molar-refractivity contribution in [1.82, 2.24) is 0 Å². The summed E-state index contributed by atoms with van der Waals surface area (Å²) >= 11 is 1.93. The first-order chi connectivity index (χ1) is 5.24. The lowest BCUT2D eigenvalue weighted by Gasteiger charge is -1.99. The van der Waals surface area contributed by atoms with Gasteiger partial charge in [-0.2, -0.15) is 0 Å². The fraction of sp³-hybridized carbons (Fsp3) is 0.125. The first-order valence-electron chi connectivity index (χ1n) is 3.24. The standard InChI is InChI=1S/C8H9IN2/c1-6-2-3-7(5-11-9)8(10)4-6/h2-5H,10H2,1H3. The van der Waals surface area contributed by atoms with Crippen molar-refractivity contribution in [3.63, 3.8) is 0 Å². The van der Waals surface area contributed by atoms with Crippen molar-refractivity contribution >= 4 is 34.8 Å². The van der Waals surface area contributed by atoms with Crippen LogP contribution in [0.15, 0.2) is 21.4 Å². The van der Waals surface area contributed by atoms with E-state index < -0.39 is 0 Å². The van der Waals surface area contributed by atoms with Gasteiger partial charge in [0.05, 0.1) is 22.9 Å². The van der Waals surface area contributed by atoms with Crippen LogP contribution in [-0.4, -0.2) is 6.21 Å². The summed E-state index contributed by atoms with van der Waals surface area (Å²) in [5.41, 5.74) is 8.65. The van der Waals surface area contributed by atoms with Crippen molar-refractivity contribution in [3.8, 4) is 0 Å². The van der Waals surface area contributed by atoms with Gasteiger partial charge in [-0.25, -0.2) is 3.21 Å². The molecule has 0 amide bonds. The predicted molar refractivity (Wildman–Crippen MR) is 57.2 cm³/mol. The molecule has 0 saturated heterocycles. The first-order valence-corrected chi connectivity index (χ1v) is 4.21. The van der Waals surface area contributed by atoms with Crippen LogP contribution in [0.25, 0.3) is 0 Å². The fourth-order valence-corrected chi connectivity index (χ4v) is 1.16. The van der Waals surface area contributed by atoms with Gasteiger partial charge in [-0.1, -0.05) is 12.1 Å². The van der Waals surface area contributed by atoms with E-state index in [1.165, 1.54) is 5.56 Å². The Morgan fingerprint density at radius 1 is 1.55 bits per heavy atom. The van der Waals surface area contributed by atoms with E-state index >= 15 is 0 Å². The maximum absolute atomic E-state index is 5.71. The third-order valence-corrected chi connectivity index (χ3v) is 1.71. The zero-order chi connectivity index (χ0) is 8.27. The minimum atomic E-state index is 0.783. The molecule has 0 aliphatic carbocycles. The molecule has 2 N–H and O–H groups in total. The molecular weight excluding hydrogens is 251 g/mol. The van der Waals surface area contributed by atoms with Gasteiger partial charge in [-0.05, 0) is 18.6 Å². The molecule has 1 rings (SSSR count). The summed E-state index contributed by atoms with van der Waals surface area (Å²) in [4.78, 5) is 0. The number of hydrogen-bond donors (Lipinski definition) is 1. The number of rotatable bonds is 1. The minimum Gasteiger partial charge on any atom is -0.398 e. The van der Waals surface area contributed by atoms with Gasteiger partial charge in [-0.15, -0.1) is 0 Å². The first kappa shape index (κ1) is 8.52. The van der Waals surface area contributed by atoms with Crippen molar-refractivity contribution in [2.45, 2.75) is 6.92 Å². The summed E-state index contributed by atoms with van der Waals surface area (Å²) in [5, 5.41) is 0. The number of hydrogen-bond acceptors (Lipinski definition) is 2. The number of aryl methyl sites for hydroxylation is 1. The summed E-state index contributed by atoms with van der Waals surface area (Å²) < 4.78 is 3.86. The van der Waals surface area contributed by atoms with Gasteiger partial charge in [0.25, 0.3) is 0 Å². The lowest BCUT2D eigenvalue weighted by Crippen LogP contribution is -1.92. The van der Waals surface area contributed by atoms with Gasteiger partial charge in [0, 0.05) is 17.5 Å². The molecule has 3 heteroatoms. The Morgan fingerprint density at radius 2 is 2.27 bits per heavy atom. The molecule has 0 bridgehead atoms. The molecule has 11 heavy (non-hydrogen) atoms. The monoisotopic (exact) mass is 260 g/mol. The van der Waals surface area contributed by atoms with Crippen molar-refractivity contribution in [2.24, 2.45) is 3.21 Å². The van der Waals surface area contributed by atoms with Gasteiger partial charge < -0.3 is 5.73 Å². The van der Waals surface area contributed by atoms with E-state index in [-0.39, 0.29) is 0 Å². The van der Waals surface area contributed by atoms with Crippen LogP contribution in [-0.2, 0) is 0 Å². The lowest BCUT2D eigenvalue weighted by molar-refractivity contribution is 1.47. The van der Waals surface area contributed by atoms with Crippen LogP contribution >= 0.6 is 22.9 Å². The van der Waals surface area contributed by atoms with Crippen LogP contribution < -0.4 is 5.73 Å². The van der Waals surface area contributed by atoms with E-state index in [2.05, 4.69) is 3.21 Å². The molecule has 0 aromatic heterocycles. The molecule has 1 aromatic rings. The molecule has 0 saturated carbocycles. The quantitative estimate of drug-likeness (QED) is 0.469. The number of nitrogens with zero attached hydrogens (tertiary/aromatic N) is 1. The van der Waals surface area contributed by atoms with Crippen LogP contribution in [0.1, 0.15) is 11.1 Å². The van der Waals surface area contributed by atoms with Crippen LogP contribution in [0.3, 0.4) is 0 Å². The molecule has 58 valence electrons. The summed E-state index contributed by atoms with van der Waals surface area (Å²) in [6.45, 7) is 2.02. The van der Waals surface area contributed by atoms with Gasteiger partial charge in [0.2, 0.25) is 0 Å². The second-order valence-electron chi connectivity index (χ2n) is 2.36. The molecule has 0 aliphatic rings. The summed E-state index contributed by atoms with van der Waals surface area (Å²) in [6.07, 6.45) is 1.75. The largest absolute Gasteiger partial charge is 0.398 e. The SMILES string of the molecule is Cc1ccc(C=NI)c(N)c1. The Kier molecular flexibility index (Phi) is 2.87. The zero-order valence-electron chi connectivity index (χ0n) is 6.21. The number of nitrogen functional groups attached to an aromatic ring is 1. The average molecular weight is 260 g/mol. The van der Waals surface area contributed by atoms with E-state index in [1.54, 1.807) is 6.21 Å². The van der Waals surface area contributed by atoms with Gasteiger partial charge in [0.1, 0.15) is 0 Å². The van der Waals surface area contributed by atoms with Gasteiger partial charge in [0.15, 0.2) is 0 Å². The highest BCUT2D eigenvalue weighted by Gasteiger charge is 1.93. The van der Waals surface area contributed by atoms with Gasteiger partial charge in [-0.3, -0.25) is 0 Å². The molecule has 0 fully saturated rings. The van der Waals surface area contributed by atoms with E-state index in [0.717, 1.165) is 11.3 Å². The third kappa shape index (κ3) is 2.18. The Bertz CT molecular complexity index is 281. The smallest absolute Gasteiger partial charge is 0.0831 e. The average Bonchev–Trinajstić information content (AvgIpc) is 1.95. The van der Waals surface area contributed by atoms with Crippen molar-refractivity contribution in [3.05, 3.63) is 29.3 Å². The third-order valence-electron chi connectivity index (χ3n) is 1.43. The number of nitrogens with two attached hydrogens (primary N) is 1. The second kappa shape index (κ2) is 3.71. The normalized spacial score (nSPS) is 10.7. The van der Waals surface area contributed by atoms with Gasteiger partial charge >= 0.3 is 0 Å². The molecule has 0 spiro atoms. The van der Waals surface area contributed by atoms with E-state index in [1.807, 2.05) is 48.0 Å². The molecule has 0 aliphatic heterocycles. The maximum atomic E-state index is 5.71. The van der Waals surface area contributed by atoms with E-state index in [4.69, 9.17) is 5.73 Å². The van der Waals surface area contributed by atoms with Crippen LogP contribution in [0.2, 0.25) is 0 Å².